The molecular weight excluding hydrogens is 478 g/mol. The summed E-state index contributed by atoms with van der Waals surface area (Å²) >= 11 is 6.05. The Morgan fingerprint density at radius 3 is 2.60 bits per heavy atom. The molecule has 8 atom stereocenters. The number of fused-ring (bicyclic) bond motifs is 5. The Morgan fingerprint density at radius 2 is 1.97 bits per heavy atom. The minimum Gasteiger partial charge on any atom is -0.450 e. The van der Waals surface area contributed by atoms with E-state index in [1.807, 2.05) is 13.8 Å². The molecule has 0 aromatic rings. The topological polar surface area (TPSA) is 80.7 Å². The van der Waals surface area contributed by atoms with Crippen LogP contribution in [-0.2, 0) is 19.1 Å². The van der Waals surface area contributed by atoms with Gasteiger partial charge in [-0.25, -0.2) is 8.78 Å². The van der Waals surface area contributed by atoms with Crippen molar-refractivity contribution in [3.63, 3.8) is 0 Å². The number of hydrogen-bond acceptors (Lipinski definition) is 5. The first-order valence-electron chi connectivity index (χ1n) is 12.7. The zero-order chi connectivity index (χ0) is 26.0. The predicted octanol–water partition coefficient (Wildman–Crippen LogP) is 5.18. The van der Waals surface area contributed by atoms with Crippen LogP contribution in [-0.4, -0.2) is 45.9 Å². The molecule has 3 saturated carbocycles. The molecule has 0 aliphatic heterocycles. The second-order valence-electron chi connectivity index (χ2n) is 11.4. The molecule has 4 rings (SSSR count). The lowest BCUT2D eigenvalue weighted by Gasteiger charge is -2.62. The van der Waals surface area contributed by atoms with Gasteiger partial charge in [0.25, 0.3) is 0 Å². The molecule has 4 aliphatic carbocycles. The van der Waals surface area contributed by atoms with Gasteiger partial charge < -0.3 is 9.84 Å². The molecule has 0 bridgehead atoms. The number of carbonyl (C=O) groups excluding carboxylic acids is 3. The summed E-state index contributed by atoms with van der Waals surface area (Å²) in [6.45, 7) is 7.12. The van der Waals surface area contributed by atoms with Crippen molar-refractivity contribution >= 4 is 29.1 Å². The fraction of sp³-hybridized carbons (Fsp3) is 0.741. The van der Waals surface area contributed by atoms with E-state index >= 15 is 4.39 Å². The Balaban J connectivity index is 1.82. The van der Waals surface area contributed by atoms with Gasteiger partial charge in [-0.2, -0.15) is 0 Å². The number of unbranched alkanes of at least 4 members (excludes halogenated alkanes) is 1. The molecule has 1 N–H and O–H groups in total. The summed E-state index contributed by atoms with van der Waals surface area (Å²) < 4.78 is 38.2. The van der Waals surface area contributed by atoms with E-state index < -0.39 is 69.3 Å². The fourth-order valence-corrected chi connectivity index (χ4v) is 8.33. The average Bonchev–Trinajstić information content (AvgIpc) is 3.03. The van der Waals surface area contributed by atoms with Crippen molar-refractivity contribution in [1.29, 1.82) is 0 Å². The van der Waals surface area contributed by atoms with Crippen LogP contribution in [0.4, 0.5) is 8.78 Å². The van der Waals surface area contributed by atoms with E-state index in [2.05, 4.69) is 0 Å². The number of ether oxygens (including phenoxy) is 1. The Bertz CT molecular complexity index is 1010. The van der Waals surface area contributed by atoms with Crippen LogP contribution in [0.25, 0.3) is 0 Å². The number of Topliss-reactive ketones (excluding diaryl/α,β-unsaturated/α-hetero) is 1. The van der Waals surface area contributed by atoms with E-state index in [9.17, 15) is 23.9 Å². The number of aliphatic hydroxyl groups excluding tert-OH is 1. The van der Waals surface area contributed by atoms with Crippen molar-refractivity contribution in [3.05, 3.63) is 23.6 Å². The molecule has 0 aromatic heterocycles. The van der Waals surface area contributed by atoms with Crippen LogP contribution in [0.5, 0.6) is 0 Å². The van der Waals surface area contributed by atoms with Gasteiger partial charge >= 0.3 is 5.97 Å². The highest BCUT2D eigenvalue weighted by Gasteiger charge is 2.77. The van der Waals surface area contributed by atoms with Crippen LogP contribution in [0.15, 0.2) is 23.6 Å². The van der Waals surface area contributed by atoms with Gasteiger partial charge in [-0.05, 0) is 56.6 Å². The summed E-state index contributed by atoms with van der Waals surface area (Å²) in [6.07, 6.45) is 3.09. The van der Waals surface area contributed by atoms with Crippen molar-refractivity contribution in [2.45, 2.75) is 90.0 Å². The molecule has 0 aromatic carbocycles. The normalized spacial score (nSPS) is 44.5. The van der Waals surface area contributed by atoms with Crippen molar-refractivity contribution in [3.8, 4) is 0 Å². The van der Waals surface area contributed by atoms with Crippen LogP contribution in [0.3, 0.4) is 0 Å². The number of allylic oxidation sites excluding steroid dienone is 4. The third-order valence-corrected chi connectivity index (χ3v) is 10.1. The van der Waals surface area contributed by atoms with E-state index in [-0.39, 0.29) is 37.1 Å². The molecule has 8 heteroatoms. The van der Waals surface area contributed by atoms with Gasteiger partial charge in [0.1, 0.15) is 0 Å². The van der Waals surface area contributed by atoms with E-state index in [0.717, 1.165) is 12.5 Å². The zero-order valence-corrected chi connectivity index (χ0v) is 21.6. The van der Waals surface area contributed by atoms with E-state index in [0.29, 0.717) is 12.8 Å². The second-order valence-corrected chi connectivity index (χ2v) is 11.6. The lowest BCUT2D eigenvalue weighted by molar-refractivity contribution is -0.227. The maximum absolute atomic E-state index is 17.3. The van der Waals surface area contributed by atoms with Gasteiger partial charge in [0.05, 0.1) is 12.0 Å². The minimum atomic E-state index is -2.24. The highest BCUT2D eigenvalue weighted by Crippen LogP contribution is 2.71. The smallest absolute Gasteiger partial charge is 0.306 e. The molecule has 0 unspecified atom stereocenters. The van der Waals surface area contributed by atoms with Crippen LogP contribution < -0.4 is 0 Å². The Kier molecular flexibility index (Phi) is 6.62. The van der Waals surface area contributed by atoms with Gasteiger partial charge in [-0.3, -0.25) is 14.4 Å². The van der Waals surface area contributed by atoms with Crippen LogP contribution in [0.2, 0.25) is 0 Å². The second kappa shape index (κ2) is 8.76. The first kappa shape index (κ1) is 26.5. The monoisotopic (exact) mass is 512 g/mol. The number of hydrogen-bond donors (Lipinski definition) is 1. The van der Waals surface area contributed by atoms with Crippen molar-refractivity contribution in [1.82, 2.24) is 0 Å². The molecule has 35 heavy (non-hydrogen) atoms. The molecule has 4 aliphatic rings. The molecule has 0 radical (unpaired) electrons. The standard InChI is InChI=1S/C27H35ClF2O5/c1-5-6-7-22(34)35-27(21(33)14-28)15(2)12-18-16-8-9-17-23(29)19(31)10-11-24(17,3)26(16,30)20(32)13-25(18,27)4/h10-11,15-16,18,20,32H,5-9,12-14H2,1-4H3/t15-,16-,18-,20-,24-,25-,26-,27-/m0/s1. The maximum atomic E-state index is 17.3. The highest BCUT2D eigenvalue weighted by molar-refractivity contribution is 6.29. The van der Waals surface area contributed by atoms with Gasteiger partial charge in [0.15, 0.2) is 22.9 Å². The zero-order valence-electron chi connectivity index (χ0n) is 20.8. The fourth-order valence-electron chi connectivity index (χ4n) is 8.13. The first-order chi connectivity index (χ1) is 16.3. The average molecular weight is 513 g/mol. The van der Waals surface area contributed by atoms with Gasteiger partial charge in [-0.15, -0.1) is 11.6 Å². The van der Waals surface area contributed by atoms with E-state index in [4.69, 9.17) is 16.3 Å². The Labute approximate surface area is 210 Å². The third kappa shape index (κ3) is 3.29. The first-order valence-corrected chi connectivity index (χ1v) is 13.2. The van der Waals surface area contributed by atoms with Crippen LogP contribution >= 0.6 is 11.6 Å². The predicted molar refractivity (Wildman–Crippen MR) is 127 cm³/mol. The van der Waals surface area contributed by atoms with Crippen LogP contribution in [0, 0.1) is 28.6 Å². The summed E-state index contributed by atoms with van der Waals surface area (Å²) in [6, 6.07) is 0. The summed E-state index contributed by atoms with van der Waals surface area (Å²) in [4.78, 5) is 38.3. The molecular formula is C27H35ClF2O5. The number of carbonyl (C=O) groups is 3. The van der Waals surface area contributed by atoms with E-state index in [1.54, 1.807) is 13.8 Å². The molecule has 5 nitrogen and oxygen atoms in total. The number of rotatable bonds is 6. The Hall–Kier alpha value is -1.60. The molecule has 194 valence electrons. The number of aliphatic hydroxyl groups is 1. The summed E-state index contributed by atoms with van der Waals surface area (Å²) in [5.74, 6) is -4.59. The maximum Gasteiger partial charge on any atom is 0.306 e. The van der Waals surface area contributed by atoms with E-state index in [1.165, 1.54) is 6.08 Å². The number of esters is 1. The summed E-state index contributed by atoms with van der Waals surface area (Å²) in [5, 5.41) is 11.5. The molecule has 0 saturated heterocycles. The molecule has 0 spiro atoms. The summed E-state index contributed by atoms with van der Waals surface area (Å²) in [5.41, 5.74) is -6.27. The van der Waals surface area contributed by atoms with Crippen molar-refractivity contribution in [2.24, 2.45) is 28.6 Å². The minimum absolute atomic E-state index is 0.0894. The molecule has 3 fully saturated rings. The van der Waals surface area contributed by atoms with Crippen LogP contribution in [0.1, 0.15) is 72.6 Å². The van der Waals surface area contributed by atoms with Gasteiger partial charge in [-0.1, -0.05) is 33.3 Å². The summed E-state index contributed by atoms with van der Waals surface area (Å²) in [7, 11) is 0. The van der Waals surface area contributed by atoms with Crippen molar-refractivity contribution < 1.29 is 33.0 Å². The number of ketones is 2. The third-order valence-electron chi connectivity index (χ3n) is 9.82. The number of alkyl halides is 2. The Morgan fingerprint density at radius 1 is 1.29 bits per heavy atom. The quantitative estimate of drug-likeness (QED) is 0.392. The largest absolute Gasteiger partial charge is 0.450 e. The van der Waals surface area contributed by atoms with Gasteiger partial charge in [0.2, 0.25) is 5.78 Å². The number of halogens is 3. The molecule has 0 heterocycles. The highest BCUT2D eigenvalue weighted by atomic mass is 35.5. The van der Waals surface area contributed by atoms with Gasteiger partial charge in [0, 0.05) is 29.1 Å². The van der Waals surface area contributed by atoms with Crippen molar-refractivity contribution in [2.75, 3.05) is 5.88 Å². The lowest BCUT2D eigenvalue weighted by Crippen LogP contribution is -2.70. The molecule has 0 amide bonds. The SMILES string of the molecule is CCCCC(=O)O[C@]1(C(=O)CCl)[C@@H](C)C[C@H]2[C@@H]3CCC4=C(F)C(=O)C=C[C@]4(C)[C@@]3(F)[C@@H](O)C[C@@]21C. The lowest BCUT2D eigenvalue weighted by atomic mass is 9.44.